The highest BCUT2D eigenvalue weighted by Gasteiger charge is 2.22. The van der Waals surface area contributed by atoms with E-state index >= 15 is 0 Å². The summed E-state index contributed by atoms with van der Waals surface area (Å²) in [5.41, 5.74) is 0. The van der Waals surface area contributed by atoms with Crippen molar-refractivity contribution in [2.75, 3.05) is 26.2 Å². The molecule has 0 spiro atoms. The van der Waals surface area contributed by atoms with Gasteiger partial charge in [0.15, 0.2) is 0 Å². The highest BCUT2D eigenvalue weighted by atomic mass is 15.2. The molecule has 1 aliphatic carbocycles. The van der Waals surface area contributed by atoms with Crippen LogP contribution in [-0.2, 0) is 0 Å². The van der Waals surface area contributed by atoms with Crippen molar-refractivity contribution < 1.29 is 0 Å². The summed E-state index contributed by atoms with van der Waals surface area (Å²) in [6.45, 7) is 9.88. The van der Waals surface area contributed by atoms with Crippen LogP contribution < -0.4 is 5.32 Å². The Bertz CT molecular complexity index is 205. The first kappa shape index (κ1) is 12.4. The highest BCUT2D eigenvalue weighted by Crippen LogP contribution is 2.29. The molecular weight excluding hydrogens is 196 g/mol. The Balaban J connectivity index is 1.78. The minimum Gasteiger partial charge on any atom is -0.313 e. The maximum atomic E-state index is 3.58. The minimum atomic E-state index is 0.684. The topological polar surface area (TPSA) is 15.3 Å². The van der Waals surface area contributed by atoms with Crippen molar-refractivity contribution in [1.82, 2.24) is 10.2 Å². The second-order valence-corrected chi connectivity index (χ2v) is 6.11. The first-order valence-electron chi connectivity index (χ1n) is 7.20. The van der Waals surface area contributed by atoms with Gasteiger partial charge in [0.25, 0.3) is 0 Å². The van der Waals surface area contributed by atoms with Gasteiger partial charge >= 0.3 is 0 Å². The van der Waals surface area contributed by atoms with Gasteiger partial charge in [-0.3, -0.25) is 0 Å². The van der Waals surface area contributed by atoms with E-state index in [0.717, 1.165) is 11.8 Å². The maximum absolute atomic E-state index is 3.58. The van der Waals surface area contributed by atoms with E-state index in [0.29, 0.717) is 6.04 Å². The van der Waals surface area contributed by atoms with E-state index in [1.165, 1.54) is 58.3 Å². The van der Waals surface area contributed by atoms with Crippen LogP contribution in [0.5, 0.6) is 0 Å². The van der Waals surface area contributed by atoms with Crippen molar-refractivity contribution in [2.45, 2.75) is 52.0 Å². The summed E-state index contributed by atoms with van der Waals surface area (Å²) in [6.07, 6.45) is 7.20. The summed E-state index contributed by atoms with van der Waals surface area (Å²) in [4.78, 5) is 2.70. The van der Waals surface area contributed by atoms with Crippen LogP contribution in [0.3, 0.4) is 0 Å². The third-order valence-electron chi connectivity index (χ3n) is 4.24. The zero-order valence-electron chi connectivity index (χ0n) is 11.0. The highest BCUT2D eigenvalue weighted by molar-refractivity contribution is 4.78. The third kappa shape index (κ3) is 3.74. The summed E-state index contributed by atoms with van der Waals surface area (Å²) < 4.78 is 0. The standard InChI is InChI=1S/C14H28N2/c1-12-5-3-6-14(9-12)11-16-8-4-7-15-13(2)10-16/h12-15H,3-11H2,1-2H3. The van der Waals surface area contributed by atoms with E-state index in [1.807, 2.05) is 0 Å². The molecule has 16 heavy (non-hydrogen) atoms. The zero-order chi connectivity index (χ0) is 11.4. The fourth-order valence-electron chi connectivity index (χ4n) is 3.45. The van der Waals surface area contributed by atoms with Gasteiger partial charge in [0, 0.05) is 19.1 Å². The van der Waals surface area contributed by atoms with E-state index in [2.05, 4.69) is 24.1 Å². The van der Waals surface area contributed by atoms with E-state index in [1.54, 1.807) is 0 Å². The van der Waals surface area contributed by atoms with Crippen LogP contribution in [0.4, 0.5) is 0 Å². The molecule has 3 unspecified atom stereocenters. The van der Waals surface area contributed by atoms with Gasteiger partial charge in [0.2, 0.25) is 0 Å². The predicted molar refractivity (Wildman–Crippen MR) is 69.6 cm³/mol. The van der Waals surface area contributed by atoms with Gasteiger partial charge in [-0.25, -0.2) is 0 Å². The molecule has 1 saturated heterocycles. The monoisotopic (exact) mass is 224 g/mol. The lowest BCUT2D eigenvalue weighted by molar-refractivity contribution is 0.179. The Hall–Kier alpha value is -0.0800. The van der Waals surface area contributed by atoms with Crippen molar-refractivity contribution in [1.29, 1.82) is 0 Å². The molecule has 1 heterocycles. The van der Waals surface area contributed by atoms with Crippen molar-refractivity contribution in [3.05, 3.63) is 0 Å². The maximum Gasteiger partial charge on any atom is 0.0166 e. The molecule has 2 rings (SSSR count). The van der Waals surface area contributed by atoms with Crippen LogP contribution in [0.1, 0.15) is 46.0 Å². The third-order valence-corrected chi connectivity index (χ3v) is 4.24. The van der Waals surface area contributed by atoms with Gasteiger partial charge in [0.05, 0.1) is 0 Å². The number of nitrogens with one attached hydrogen (secondary N) is 1. The Morgan fingerprint density at radius 3 is 2.88 bits per heavy atom. The summed E-state index contributed by atoms with van der Waals surface area (Å²) >= 11 is 0. The number of hydrogen-bond acceptors (Lipinski definition) is 2. The molecule has 3 atom stereocenters. The van der Waals surface area contributed by atoms with Crippen LogP contribution in [0.2, 0.25) is 0 Å². The first-order chi connectivity index (χ1) is 7.74. The normalized spacial score (nSPS) is 38.2. The summed E-state index contributed by atoms with van der Waals surface area (Å²) in [7, 11) is 0. The Morgan fingerprint density at radius 2 is 2.06 bits per heavy atom. The number of hydrogen-bond donors (Lipinski definition) is 1. The average molecular weight is 224 g/mol. The summed E-state index contributed by atoms with van der Waals surface area (Å²) in [5, 5.41) is 3.58. The average Bonchev–Trinajstić information content (AvgIpc) is 2.43. The second kappa shape index (κ2) is 6.02. The molecule has 0 bridgehead atoms. The molecule has 0 radical (unpaired) electrons. The lowest BCUT2D eigenvalue weighted by Gasteiger charge is -2.32. The van der Waals surface area contributed by atoms with Crippen LogP contribution >= 0.6 is 0 Å². The largest absolute Gasteiger partial charge is 0.313 e. The Labute approximate surface area is 101 Å². The molecule has 1 N–H and O–H groups in total. The van der Waals surface area contributed by atoms with Crippen molar-refractivity contribution >= 4 is 0 Å². The van der Waals surface area contributed by atoms with Gasteiger partial charge in [0.1, 0.15) is 0 Å². The first-order valence-corrected chi connectivity index (χ1v) is 7.20. The fraction of sp³-hybridized carbons (Fsp3) is 1.00. The molecular formula is C14H28N2. The van der Waals surface area contributed by atoms with Gasteiger partial charge in [-0.15, -0.1) is 0 Å². The zero-order valence-corrected chi connectivity index (χ0v) is 11.0. The van der Waals surface area contributed by atoms with Crippen LogP contribution in [0, 0.1) is 11.8 Å². The van der Waals surface area contributed by atoms with E-state index in [-0.39, 0.29) is 0 Å². The molecule has 1 saturated carbocycles. The van der Waals surface area contributed by atoms with E-state index < -0.39 is 0 Å². The predicted octanol–water partition coefficient (Wildman–Crippen LogP) is 2.50. The van der Waals surface area contributed by atoms with Crippen LogP contribution in [0.15, 0.2) is 0 Å². The quantitative estimate of drug-likeness (QED) is 0.775. The lowest BCUT2D eigenvalue weighted by Crippen LogP contribution is -2.38. The molecule has 2 fully saturated rings. The molecule has 2 heteroatoms. The van der Waals surface area contributed by atoms with E-state index in [4.69, 9.17) is 0 Å². The molecule has 1 aliphatic heterocycles. The van der Waals surface area contributed by atoms with Gasteiger partial charge in [-0.1, -0.05) is 19.8 Å². The fourth-order valence-corrected chi connectivity index (χ4v) is 3.45. The van der Waals surface area contributed by atoms with Crippen molar-refractivity contribution in [3.8, 4) is 0 Å². The van der Waals surface area contributed by atoms with Gasteiger partial charge < -0.3 is 10.2 Å². The van der Waals surface area contributed by atoms with Crippen molar-refractivity contribution in [2.24, 2.45) is 11.8 Å². The molecule has 94 valence electrons. The second-order valence-electron chi connectivity index (χ2n) is 6.11. The van der Waals surface area contributed by atoms with Gasteiger partial charge in [-0.2, -0.15) is 0 Å². The van der Waals surface area contributed by atoms with Crippen LogP contribution in [-0.4, -0.2) is 37.1 Å². The smallest absolute Gasteiger partial charge is 0.0166 e. The lowest BCUT2D eigenvalue weighted by atomic mass is 9.82. The Kier molecular flexibility index (Phi) is 4.66. The molecule has 0 aromatic heterocycles. The van der Waals surface area contributed by atoms with Crippen LogP contribution in [0.25, 0.3) is 0 Å². The minimum absolute atomic E-state index is 0.684. The molecule has 2 aliphatic rings. The van der Waals surface area contributed by atoms with E-state index in [9.17, 15) is 0 Å². The SMILES string of the molecule is CC1CCCC(CN2CCCNC(C)C2)C1. The summed E-state index contributed by atoms with van der Waals surface area (Å²) in [5.74, 6) is 1.95. The van der Waals surface area contributed by atoms with Gasteiger partial charge in [-0.05, 0) is 51.1 Å². The molecule has 2 nitrogen and oxygen atoms in total. The number of nitrogens with zero attached hydrogens (tertiary/aromatic N) is 1. The molecule has 0 amide bonds. The number of rotatable bonds is 2. The molecule has 0 aromatic rings. The summed E-state index contributed by atoms with van der Waals surface area (Å²) in [6, 6.07) is 0.684. The molecule has 0 aromatic carbocycles. The van der Waals surface area contributed by atoms with Crippen molar-refractivity contribution in [3.63, 3.8) is 0 Å². The Morgan fingerprint density at radius 1 is 1.19 bits per heavy atom.